The Bertz CT molecular complexity index is 1060. The lowest BCUT2D eigenvalue weighted by Gasteiger charge is -2.22. The Morgan fingerprint density at radius 2 is 1.79 bits per heavy atom. The lowest BCUT2D eigenvalue weighted by Crippen LogP contribution is -2.16. The molecule has 24 heavy (non-hydrogen) atoms. The smallest absolute Gasteiger partial charge is 0.261 e. The summed E-state index contributed by atoms with van der Waals surface area (Å²) in [5.74, 6) is 0. The molecule has 0 amide bonds. The van der Waals surface area contributed by atoms with Gasteiger partial charge in [-0.05, 0) is 35.6 Å². The Balaban J connectivity index is 2.27. The second-order valence-corrected chi connectivity index (χ2v) is 7.45. The molecule has 124 valence electrons. The second kappa shape index (κ2) is 5.64. The summed E-state index contributed by atoms with van der Waals surface area (Å²) in [5.41, 5.74) is 3.33. The first-order chi connectivity index (χ1) is 11.2. The molecule has 4 nitrogen and oxygen atoms in total. The molecule has 0 saturated carbocycles. The SMILES string of the molecule is Cc1cc(C(C)(C)C)c(Cl)cc1-c1cc(=O)c2c(=O)[nH]ccc2[nH]1. The monoisotopic (exact) mass is 342 g/mol. The van der Waals surface area contributed by atoms with Gasteiger partial charge in [-0.3, -0.25) is 9.59 Å². The fourth-order valence-corrected chi connectivity index (χ4v) is 3.35. The molecule has 0 fully saturated rings. The lowest BCUT2D eigenvalue weighted by molar-refractivity contribution is 0.590. The average molecular weight is 343 g/mol. The number of aromatic amines is 2. The fraction of sp³-hybridized carbons (Fsp3) is 0.263. The van der Waals surface area contributed by atoms with Crippen molar-refractivity contribution in [1.82, 2.24) is 9.97 Å². The van der Waals surface area contributed by atoms with Gasteiger partial charge in [0.2, 0.25) is 0 Å². The van der Waals surface area contributed by atoms with Gasteiger partial charge in [0.25, 0.3) is 5.56 Å². The molecule has 3 aromatic rings. The maximum atomic E-state index is 12.3. The molecule has 0 saturated heterocycles. The van der Waals surface area contributed by atoms with Crippen LogP contribution in [0.4, 0.5) is 0 Å². The zero-order valence-electron chi connectivity index (χ0n) is 14.1. The van der Waals surface area contributed by atoms with Crippen LogP contribution in [-0.2, 0) is 5.41 Å². The number of H-pyrrole nitrogens is 2. The molecular weight excluding hydrogens is 324 g/mol. The van der Waals surface area contributed by atoms with Crippen molar-refractivity contribution in [3.63, 3.8) is 0 Å². The fourth-order valence-electron chi connectivity index (χ4n) is 2.90. The Hall–Kier alpha value is -2.33. The number of hydrogen-bond donors (Lipinski definition) is 2. The number of hydrogen-bond acceptors (Lipinski definition) is 2. The molecule has 0 aliphatic carbocycles. The highest BCUT2D eigenvalue weighted by molar-refractivity contribution is 6.31. The van der Waals surface area contributed by atoms with E-state index in [-0.39, 0.29) is 16.2 Å². The van der Waals surface area contributed by atoms with E-state index >= 15 is 0 Å². The van der Waals surface area contributed by atoms with Gasteiger partial charge in [-0.2, -0.15) is 0 Å². The quantitative estimate of drug-likeness (QED) is 0.698. The largest absolute Gasteiger partial charge is 0.354 e. The van der Waals surface area contributed by atoms with Crippen LogP contribution in [-0.4, -0.2) is 9.97 Å². The highest BCUT2D eigenvalue weighted by atomic mass is 35.5. The van der Waals surface area contributed by atoms with Gasteiger partial charge in [0, 0.05) is 22.8 Å². The molecular formula is C19H19ClN2O2. The van der Waals surface area contributed by atoms with Crippen molar-refractivity contribution >= 4 is 22.5 Å². The first kappa shape index (κ1) is 16.5. The molecule has 0 spiro atoms. The zero-order chi connectivity index (χ0) is 17.6. The summed E-state index contributed by atoms with van der Waals surface area (Å²) < 4.78 is 0. The first-order valence-corrected chi connectivity index (χ1v) is 8.12. The summed E-state index contributed by atoms with van der Waals surface area (Å²) in [6.45, 7) is 8.31. The number of aryl methyl sites for hydroxylation is 1. The minimum atomic E-state index is -0.391. The second-order valence-electron chi connectivity index (χ2n) is 7.04. The number of aromatic nitrogens is 2. The first-order valence-electron chi connectivity index (χ1n) is 7.74. The third kappa shape index (κ3) is 2.78. The Labute approximate surface area is 144 Å². The molecule has 2 N–H and O–H groups in total. The van der Waals surface area contributed by atoms with E-state index in [1.165, 1.54) is 12.3 Å². The van der Waals surface area contributed by atoms with E-state index < -0.39 is 5.56 Å². The minimum absolute atomic E-state index is 0.0650. The van der Waals surface area contributed by atoms with Gasteiger partial charge in [0.1, 0.15) is 5.39 Å². The van der Waals surface area contributed by atoms with Crippen molar-refractivity contribution in [2.45, 2.75) is 33.1 Å². The van der Waals surface area contributed by atoms with Gasteiger partial charge in [0.05, 0.1) is 11.2 Å². The van der Waals surface area contributed by atoms with Crippen molar-refractivity contribution in [2.24, 2.45) is 0 Å². The van der Waals surface area contributed by atoms with Crippen LogP contribution in [0, 0.1) is 6.92 Å². The molecule has 0 atom stereocenters. The normalized spacial score (nSPS) is 11.9. The Kier molecular flexibility index (Phi) is 3.88. The highest BCUT2D eigenvalue weighted by Gasteiger charge is 2.19. The summed E-state index contributed by atoms with van der Waals surface area (Å²) in [4.78, 5) is 29.9. The third-order valence-corrected chi connectivity index (χ3v) is 4.48. The predicted molar refractivity (Wildman–Crippen MR) is 99.1 cm³/mol. The zero-order valence-corrected chi connectivity index (χ0v) is 14.8. The van der Waals surface area contributed by atoms with Crippen molar-refractivity contribution in [3.05, 3.63) is 67.2 Å². The summed E-state index contributed by atoms with van der Waals surface area (Å²) in [5, 5.41) is 0.797. The van der Waals surface area contributed by atoms with Crippen molar-refractivity contribution < 1.29 is 0 Å². The van der Waals surface area contributed by atoms with Crippen molar-refractivity contribution in [3.8, 4) is 11.3 Å². The summed E-state index contributed by atoms with van der Waals surface area (Å²) in [7, 11) is 0. The van der Waals surface area contributed by atoms with Crippen molar-refractivity contribution in [2.75, 3.05) is 0 Å². The van der Waals surface area contributed by atoms with Gasteiger partial charge < -0.3 is 9.97 Å². The average Bonchev–Trinajstić information content (AvgIpc) is 2.47. The Morgan fingerprint density at radius 1 is 1.08 bits per heavy atom. The van der Waals surface area contributed by atoms with Gasteiger partial charge in [-0.1, -0.05) is 38.4 Å². The Morgan fingerprint density at radius 3 is 2.46 bits per heavy atom. The van der Waals surface area contributed by atoms with E-state index in [1.54, 1.807) is 6.07 Å². The molecule has 3 rings (SSSR count). The molecule has 0 bridgehead atoms. The lowest BCUT2D eigenvalue weighted by atomic mass is 9.85. The predicted octanol–water partition coefficient (Wildman–Crippen LogP) is 4.14. The van der Waals surface area contributed by atoms with Gasteiger partial charge in [-0.25, -0.2) is 0 Å². The standard InChI is InChI=1S/C19H19ClN2O2/c1-10-7-12(19(2,3)4)13(20)8-11(10)15-9-16(23)17-14(22-15)5-6-21-18(17)24/h5-9H,1-4H3,(H,21,24)(H,22,23). The maximum absolute atomic E-state index is 12.3. The number of rotatable bonds is 1. The minimum Gasteiger partial charge on any atom is -0.354 e. The van der Waals surface area contributed by atoms with Crippen LogP contribution in [0.25, 0.3) is 22.2 Å². The van der Waals surface area contributed by atoms with E-state index in [9.17, 15) is 9.59 Å². The van der Waals surface area contributed by atoms with Crippen LogP contribution >= 0.6 is 11.6 Å². The molecule has 1 aromatic carbocycles. The van der Waals surface area contributed by atoms with E-state index in [0.717, 1.165) is 16.7 Å². The van der Waals surface area contributed by atoms with Crippen LogP contribution < -0.4 is 11.0 Å². The summed E-state index contributed by atoms with van der Waals surface area (Å²) in [6.07, 6.45) is 1.52. The third-order valence-electron chi connectivity index (χ3n) is 4.16. The molecule has 2 aromatic heterocycles. The molecule has 2 heterocycles. The summed E-state index contributed by atoms with van der Waals surface area (Å²) in [6, 6.07) is 7.06. The maximum Gasteiger partial charge on any atom is 0.261 e. The van der Waals surface area contributed by atoms with Gasteiger partial charge >= 0.3 is 0 Å². The van der Waals surface area contributed by atoms with E-state index in [0.29, 0.717) is 16.2 Å². The van der Waals surface area contributed by atoms with E-state index in [4.69, 9.17) is 11.6 Å². The topological polar surface area (TPSA) is 65.7 Å². The number of nitrogens with one attached hydrogen (secondary N) is 2. The number of pyridine rings is 2. The molecule has 0 aliphatic heterocycles. The number of benzene rings is 1. The molecule has 0 aliphatic rings. The number of halogens is 1. The number of fused-ring (bicyclic) bond motifs is 1. The van der Waals surface area contributed by atoms with Crippen LogP contribution in [0.15, 0.2) is 40.1 Å². The van der Waals surface area contributed by atoms with Crippen molar-refractivity contribution in [1.29, 1.82) is 0 Å². The van der Waals surface area contributed by atoms with Gasteiger partial charge in [-0.15, -0.1) is 0 Å². The van der Waals surface area contributed by atoms with Gasteiger partial charge in [0.15, 0.2) is 5.43 Å². The molecule has 0 radical (unpaired) electrons. The van der Waals surface area contributed by atoms with Crippen LogP contribution in [0.1, 0.15) is 31.9 Å². The van der Waals surface area contributed by atoms with Crippen LogP contribution in [0.5, 0.6) is 0 Å². The van der Waals surface area contributed by atoms with E-state index in [2.05, 4.69) is 36.8 Å². The van der Waals surface area contributed by atoms with E-state index in [1.807, 2.05) is 13.0 Å². The summed E-state index contributed by atoms with van der Waals surface area (Å²) >= 11 is 6.47. The highest BCUT2D eigenvalue weighted by Crippen LogP contribution is 2.34. The van der Waals surface area contributed by atoms with Crippen LogP contribution in [0.3, 0.4) is 0 Å². The molecule has 5 heteroatoms. The molecule has 0 unspecified atom stereocenters. The van der Waals surface area contributed by atoms with Crippen LogP contribution in [0.2, 0.25) is 5.02 Å².